The lowest BCUT2D eigenvalue weighted by Gasteiger charge is -2.37. The van der Waals surface area contributed by atoms with Crippen molar-refractivity contribution in [1.82, 2.24) is 20.1 Å². The van der Waals surface area contributed by atoms with Crippen molar-refractivity contribution in [2.45, 2.75) is 51.5 Å². The van der Waals surface area contributed by atoms with Gasteiger partial charge < -0.3 is 19.6 Å². The second-order valence-corrected chi connectivity index (χ2v) is 15.0. The molecule has 0 saturated carbocycles. The zero-order chi connectivity index (χ0) is 25.8. The average molecular weight is 521 g/mol. The molecule has 1 atom stereocenters. The van der Waals surface area contributed by atoms with Crippen molar-refractivity contribution in [3.8, 4) is 22.9 Å². The highest BCUT2D eigenvalue weighted by atomic mass is 35.5. The van der Waals surface area contributed by atoms with Gasteiger partial charge in [0.15, 0.2) is 14.1 Å². The molecule has 1 aromatic carbocycles. The number of ether oxygens (including phenoxy) is 1. The maximum atomic E-state index is 13.9. The summed E-state index contributed by atoms with van der Waals surface area (Å²) >= 11 is 5.72. The highest BCUT2D eigenvalue weighted by Crippen LogP contribution is 2.36. The average Bonchev–Trinajstić information content (AvgIpc) is 3.22. The van der Waals surface area contributed by atoms with Crippen molar-refractivity contribution in [2.75, 3.05) is 6.61 Å². The summed E-state index contributed by atoms with van der Waals surface area (Å²) in [4.78, 5) is 15.2. The number of hydrogen-bond acceptors (Lipinski definition) is 5. The number of carbonyl (C=O) groups is 1. The van der Waals surface area contributed by atoms with E-state index < -0.39 is 26.3 Å². The molecule has 2 N–H and O–H groups in total. The third kappa shape index (κ3) is 7.27. The Morgan fingerprint density at radius 1 is 1.26 bits per heavy atom. The van der Waals surface area contributed by atoms with Crippen LogP contribution < -0.4 is 10.1 Å². The van der Waals surface area contributed by atoms with Gasteiger partial charge in [-0.25, -0.2) is 14.2 Å². The van der Waals surface area contributed by atoms with Crippen LogP contribution in [0.3, 0.4) is 0 Å². The van der Waals surface area contributed by atoms with Crippen LogP contribution in [0.4, 0.5) is 9.18 Å². The van der Waals surface area contributed by atoms with Gasteiger partial charge in [0.2, 0.25) is 0 Å². The molecule has 0 radical (unpaired) electrons. The largest absolute Gasteiger partial charge is 0.465 e. The van der Waals surface area contributed by atoms with Crippen molar-refractivity contribution >= 4 is 26.0 Å². The first-order valence-corrected chi connectivity index (χ1v) is 14.4. The summed E-state index contributed by atoms with van der Waals surface area (Å²) < 4.78 is 27.3. The van der Waals surface area contributed by atoms with Crippen molar-refractivity contribution in [1.29, 1.82) is 0 Å². The number of amides is 1. The van der Waals surface area contributed by atoms with Crippen LogP contribution in [0.25, 0.3) is 11.3 Å². The Morgan fingerprint density at radius 3 is 2.54 bits per heavy atom. The van der Waals surface area contributed by atoms with Crippen LogP contribution in [0.2, 0.25) is 23.2 Å². The normalized spacial score (nSPS) is 12.9. The Labute approximate surface area is 210 Å². The third-order valence-electron chi connectivity index (χ3n) is 5.97. The summed E-state index contributed by atoms with van der Waals surface area (Å²) in [5.41, 5.74) is 1.52. The number of benzene rings is 1. The zero-order valence-corrected chi connectivity index (χ0v) is 22.1. The van der Waals surface area contributed by atoms with E-state index in [9.17, 15) is 14.3 Å². The number of aromatic nitrogens is 3. The highest BCUT2D eigenvalue weighted by molar-refractivity contribution is 6.74. The smallest absolute Gasteiger partial charge is 0.405 e. The molecular weight excluding hydrogens is 491 g/mol. The van der Waals surface area contributed by atoms with Gasteiger partial charge >= 0.3 is 6.09 Å². The van der Waals surface area contributed by atoms with Gasteiger partial charge in [-0.2, -0.15) is 5.10 Å². The highest BCUT2D eigenvalue weighted by Gasteiger charge is 2.37. The van der Waals surface area contributed by atoms with Gasteiger partial charge in [0.1, 0.15) is 5.75 Å². The summed E-state index contributed by atoms with van der Waals surface area (Å²) in [6.45, 7) is 11.2. The standard InChI is InChI=1S/C24H30ClFN4O4Si/c1-24(2,3)35(4,5)33-15-18(28-23(31)32)14-30-11-10-21(29-30)16-6-8-19(9-7-16)34-22-20(26)12-17(25)13-27-22/h6-13,18,28H,14-15H2,1-5H3,(H,31,32)/t18-/m0/s1. The fourth-order valence-electron chi connectivity index (χ4n) is 2.97. The lowest BCUT2D eigenvalue weighted by molar-refractivity contribution is 0.173. The van der Waals surface area contributed by atoms with Crippen molar-refractivity contribution in [3.63, 3.8) is 0 Å². The Kier molecular flexibility index (Phi) is 8.19. The van der Waals surface area contributed by atoms with Gasteiger partial charge in [0.05, 0.1) is 29.9 Å². The SMILES string of the molecule is CC(C)(C)[Si](C)(C)OC[C@H](Cn1ccc(-c2ccc(Oc3ncc(Cl)cc3F)cc2)n1)NC(=O)O. The van der Waals surface area contributed by atoms with E-state index in [2.05, 4.69) is 49.3 Å². The topological polar surface area (TPSA) is 98.5 Å². The van der Waals surface area contributed by atoms with Gasteiger partial charge in [-0.05, 0) is 54.5 Å². The maximum Gasteiger partial charge on any atom is 0.405 e. The number of hydrogen-bond donors (Lipinski definition) is 2. The van der Waals surface area contributed by atoms with Crippen molar-refractivity contribution in [3.05, 3.63) is 59.6 Å². The van der Waals surface area contributed by atoms with Gasteiger partial charge in [-0.15, -0.1) is 0 Å². The molecule has 0 fully saturated rings. The molecule has 0 bridgehead atoms. The minimum atomic E-state index is -2.03. The number of nitrogens with one attached hydrogen (secondary N) is 1. The van der Waals surface area contributed by atoms with E-state index in [4.69, 9.17) is 20.8 Å². The van der Waals surface area contributed by atoms with Crippen molar-refractivity contribution in [2.24, 2.45) is 0 Å². The van der Waals surface area contributed by atoms with E-state index in [0.717, 1.165) is 11.6 Å². The summed E-state index contributed by atoms with van der Waals surface area (Å²) in [6.07, 6.45) is 1.99. The van der Waals surface area contributed by atoms with E-state index in [1.165, 1.54) is 6.20 Å². The van der Waals surface area contributed by atoms with Gasteiger partial charge in [0, 0.05) is 18.0 Å². The first-order chi connectivity index (χ1) is 16.3. The molecular formula is C24H30ClFN4O4Si. The van der Waals surface area contributed by atoms with E-state index in [0.29, 0.717) is 18.0 Å². The minimum Gasteiger partial charge on any atom is -0.465 e. The number of rotatable bonds is 9. The molecule has 8 nitrogen and oxygen atoms in total. The second kappa shape index (κ2) is 10.8. The molecule has 188 valence electrons. The Balaban J connectivity index is 1.67. The second-order valence-electron chi connectivity index (χ2n) is 9.71. The quantitative estimate of drug-likeness (QED) is 0.326. The molecule has 0 saturated heterocycles. The summed E-state index contributed by atoms with van der Waals surface area (Å²) in [6, 6.07) is 9.48. The molecule has 3 aromatic rings. The molecule has 1 amide bonds. The summed E-state index contributed by atoms with van der Waals surface area (Å²) in [5, 5.41) is 16.6. The van der Waals surface area contributed by atoms with Crippen LogP contribution in [-0.4, -0.2) is 46.9 Å². The predicted octanol–water partition coefficient (Wildman–Crippen LogP) is 6.19. The first-order valence-electron chi connectivity index (χ1n) is 11.1. The van der Waals surface area contributed by atoms with E-state index in [1.54, 1.807) is 35.1 Å². The predicted molar refractivity (Wildman–Crippen MR) is 135 cm³/mol. The Hall–Kier alpha value is -2.95. The van der Waals surface area contributed by atoms with Gasteiger partial charge in [-0.1, -0.05) is 32.4 Å². The fourth-order valence-corrected chi connectivity index (χ4v) is 4.16. The van der Waals surface area contributed by atoms with Crippen LogP contribution in [-0.2, 0) is 11.0 Å². The molecule has 3 rings (SSSR count). The lowest BCUT2D eigenvalue weighted by Crippen LogP contribution is -2.47. The van der Waals surface area contributed by atoms with E-state index in [-0.39, 0.29) is 22.5 Å². The number of nitrogens with zero attached hydrogens (tertiary/aromatic N) is 3. The molecule has 0 aliphatic heterocycles. The van der Waals surface area contributed by atoms with Crippen LogP contribution >= 0.6 is 11.6 Å². The number of halogens is 2. The van der Waals surface area contributed by atoms with Crippen LogP contribution in [0.15, 0.2) is 48.8 Å². The maximum absolute atomic E-state index is 13.9. The third-order valence-corrected chi connectivity index (χ3v) is 10.7. The molecule has 35 heavy (non-hydrogen) atoms. The molecule has 11 heteroatoms. The molecule has 2 aromatic heterocycles. The van der Waals surface area contributed by atoms with E-state index in [1.807, 2.05) is 6.07 Å². The minimum absolute atomic E-state index is 0.0188. The monoisotopic (exact) mass is 520 g/mol. The fraction of sp³-hybridized carbons (Fsp3) is 0.375. The summed E-state index contributed by atoms with van der Waals surface area (Å²) in [7, 11) is -2.03. The molecule has 0 spiro atoms. The molecule has 0 unspecified atom stereocenters. The van der Waals surface area contributed by atoms with Crippen LogP contribution in [0, 0.1) is 5.82 Å². The Bertz CT molecular complexity index is 1170. The van der Waals surface area contributed by atoms with E-state index >= 15 is 0 Å². The molecule has 0 aliphatic rings. The first kappa shape index (κ1) is 26.6. The van der Waals surface area contributed by atoms with Gasteiger partial charge in [0.25, 0.3) is 5.88 Å². The van der Waals surface area contributed by atoms with Crippen LogP contribution in [0.5, 0.6) is 11.6 Å². The Morgan fingerprint density at radius 2 is 1.94 bits per heavy atom. The van der Waals surface area contributed by atoms with Crippen molar-refractivity contribution < 1.29 is 23.5 Å². The van der Waals surface area contributed by atoms with Crippen LogP contribution in [0.1, 0.15) is 20.8 Å². The lowest BCUT2D eigenvalue weighted by atomic mass is 10.1. The zero-order valence-electron chi connectivity index (χ0n) is 20.4. The number of pyridine rings is 1. The van der Waals surface area contributed by atoms with Gasteiger partial charge in [-0.3, -0.25) is 4.68 Å². The molecule has 2 heterocycles. The molecule has 0 aliphatic carbocycles. The summed E-state index contributed by atoms with van der Waals surface area (Å²) in [5.74, 6) is -0.402. The number of carboxylic acid groups (broad SMARTS) is 1.